The summed E-state index contributed by atoms with van der Waals surface area (Å²) in [5, 5.41) is 10.4. The van der Waals surface area contributed by atoms with Crippen molar-refractivity contribution in [2.75, 3.05) is 32.9 Å². The molecule has 0 spiro atoms. The van der Waals surface area contributed by atoms with Crippen molar-refractivity contribution in [1.82, 2.24) is 4.90 Å². The van der Waals surface area contributed by atoms with Gasteiger partial charge in [0.2, 0.25) is 0 Å². The standard InChI is InChI=1S/C31H35Cl2NO7/c1-3-39-29(30(35)36)19-23-8-10-27(11-9-23)40-15-13-34(31(37)41-28-7-4-6-22(2)16-28)12-5-14-38-21-24-17-25(32)20-26(33)18-24/h4,6-11,16-18,20,29H,3,5,12-15,19,21H2,1-2H3,(H,35,36). The van der Waals surface area contributed by atoms with Gasteiger partial charge in [-0.2, -0.15) is 0 Å². The molecule has 0 fully saturated rings. The maximum Gasteiger partial charge on any atom is 0.415 e. The molecule has 0 radical (unpaired) electrons. The van der Waals surface area contributed by atoms with Gasteiger partial charge < -0.3 is 29.0 Å². The summed E-state index contributed by atoms with van der Waals surface area (Å²) < 4.78 is 22.5. The normalized spacial score (nSPS) is 11.6. The van der Waals surface area contributed by atoms with Crippen LogP contribution in [0.5, 0.6) is 11.5 Å². The van der Waals surface area contributed by atoms with Crippen LogP contribution in [-0.4, -0.2) is 61.1 Å². The quantitative estimate of drug-likeness (QED) is 0.179. The Hall–Kier alpha value is -3.30. The van der Waals surface area contributed by atoms with Gasteiger partial charge in [0.15, 0.2) is 6.10 Å². The largest absolute Gasteiger partial charge is 0.492 e. The highest BCUT2D eigenvalue weighted by molar-refractivity contribution is 6.34. The highest BCUT2D eigenvalue weighted by Crippen LogP contribution is 2.20. The molecule has 0 aliphatic carbocycles. The predicted octanol–water partition coefficient (Wildman–Crippen LogP) is 6.82. The minimum absolute atomic E-state index is 0.237. The van der Waals surface area contributed by atoms with Gasteiger partial charge in [-0.05, 0) is 79.4 Å². The molecular weight excluding hydrogens is 569 g/mol. The van der Waals surface area contributed by atoms with E-state index in [1.807, 2.05) is 19.1 Å². The lowest BCUT2D eigenvalue weighted by Crippen LogP contribution is -2.38. The third-order valence-electron chi connectivity index (χ3n) is 5.98. The third-order valence-corrected chi connectivity index (χ3v) is 6.41. The molecule has 0 saturated heterocycles. The fourth-order valence-corrected chi connectivity index (χ4v) is 4.58. The van der Waals surface area contributed by atoms with Crippen molar-refractivity contribution in [3.8, 4) is 11.5 Å². The minimum atomic E-state index is -0.996. The number of hydrogen-bond acceptors (Lipinski definition) is 6. The molecule has 41 heavy (non-hydrogen) atoms. The number of amides is 1. The highest BCUT2D eigenvalue weighted by atomic mass is 35.5. The number of aryl methyl sites for hydroxylation is 1. The fraction of sp³-hybridized carbons (Fsp3) is 0.355. The Labute approximate surface area is 250 Å². The summed E-state index contributed by atoms with van der Waals surface area (Å²) >= 11 is 12.1. The van der Waals surface area contributed by atoms with Crippen LogP contribution < -0.4 is 9.47 Å². The van der Waals surface area contributed by atoms with Gasteiger partial charge in [-0.15, -0.1) is 0 Å². The topological polar surface area (TPSA) is 94.5 Å². The Kier molecular flexibility index (Phi) is 13.2. The molecule has 10 heteroatoms. The molecule has 0 aromatic heterocycles. The van der Waals surface area contributed by atoms with Crippen molar-refractivity contribution in [3.05, 3.63) is 93.5 Å². The first-order valence-electron chi connectivity index (χ1n) is 13.4. The average Bonchev–Trinajstić information content (AvgIpc) is 2.92. The zero-order valence-electron chi connectivity index (χ0n) is 23.2. The fourth-order valence-electron chi connectivity index (χ4n) is 4.01. The van der Waals surface area contributed by atoms with Crippen molar-refractivity contribution in [3.63, 3.8) is 0 Å². The number of nitrogens with zero attached hydrogens (tertiary/aromatic N) is 1. The second-order valence-electron chi connectivity index (χ2n) is 9.33. The number of aliphatic carboxylic acids is 1. The van der Waals surface area contributed by atoms with Crippen LogP contribution in [0.15, 0.2) is 66.7 Å². The molecule has 0 aliphatic heterocycles. The molecule has 1 unspecified atom stereocenters. The first-order chi connectivity index (χ1) is 19.7. The highest BCUT2D eigenvalue weighted by Gasteiger charge is 2.18. The number of carboxylic acids is 1. The van der Waals surface area contributed by atoms with Crippen LogP contribution in [-0.2, 0) is 27.3 Å². The van der Waals surface area contributed by atoms with Crippen LogP contribution in [0.4, 0.5) is 4.79 Å². The minimum Gasteiger partial charge on any atom is -0.492 e. The van der Waals surface area contributed by atoms with Crippen LogP contribution in [0.3, 0.4) is 0 Å². The summed E-state index contributed by atoms with van der Waals surface area (Å²) in [4.78, 5) is 25.9. The number of hydrogen-bond donors (Lipinski definition) is 1. The zero-order valence-corrected chi connectivity index (χ0v) is 24.7. The number of rotatable bonds is 16. The number of ether oxygens (including phenoxy) is 4. The Balaban J connectivity index is 1.52. The molecule has 3 aromatic carbocycles. The van der Waals surface area contributed by atoms with E-state index in [-0.39, 0.29) is 13.0 Å². The summed E-state index contributed by atoms with van der Waals surface area (Å²) in [5.41, 5.74) is 2.68. The Morgan fingerprint density at radius 3 is 2.29 bits per heavy atom. The lowest BCUT2D eigenvalue weighted by atomic mass is 10.1. The second-order valence-corrected chi connectivity index (χ2v) is 10.2. The van der Waals surface area contributed by atoms with E-state index >= 15 is 0 Å². The predicted molar refractivity (Wildman–Crippen MR) is 158 cm³/mol. The van der Waals surface area contributed by atoms with Gasteiger partial charge in [0.25, 0.3) is 0 Å². The number of halogens is 2. The molecule has 8 nitrogen and oxygen atoms in total. The van der Waals surface area contributed by atoms with Crippen molar-refractivity contribution < 1.29 is 33.6 Å². The van der Waals surface area contributed by atoms with Crippen molar-refractivity contribution in [1.29, 1.82) is 0 Å². The van der Waals surface area contributed by atoms with E-state index in [0.29, 0.717) is 60.9 Å². The lowest BCUT2D eigenvalue weighted by Gasteiger charge is -2.22. The first kappa shape index (κ1) is 32.2. The van der Waals surface area contributed by atoms with Gasteiger partial charge in [-0.3, -0.25) is 0 Å². The molecule has 3 aromatic rings. The van der Waals surface area contributed by atoms with Crippen molar-refractivity contribution >= 4 is 35.3 Å². The monoisotopic (exact) mass is 603 g/mol. The van der Waals surface area contributed by atoms with Gasteiger partial charge in [-0.25, -0.2) is 9.59 Å². The number of benzene rings is 3. The van der Waals surface area contributed by atoms with E-state index < -0.39 is 18.2 Å². The van der Waals surface area contributed by atoms with E-state index in [4.69, 9.17) is 42.1 Å². The number of carbonyl (C=O) groups is 2. The van der Waals surface area contributed by atoms with Crippen LogP contribution in [0.1, 0.15) is 30.0 Å². The molecule has 1 atom stereocenters. The molecule has 0 bridgehead atoms. The van der Waals surface area contributed by atoms with Crippen LogP contribution in [0.2, 0.25) is 10.0 Å². The first-order valence-corrected chi connectivity index (χ1v) is 14.1. The van der Waals surface area contributed by atoms with Gasteiger partial charge >= 0.3 is 12.1 Å². The maximum atomic E-state index is 13.0. The Morgan fingerprint density at radius 1 is 0.902 bits per heavy atom. The molecular formula is C31H35Cl2NO7. The molecule has 0 heterocycles. The van der Waals surface area contributed by atoms with Crippen LogP contribution >= 0.6 is 23.2 Å². The Morgan fingerprint density at radius 2 is 1.63 bits per heavy atom. The van der Waals surface area contributed by atoms with E-state index in [1.165, 1.54) is 0 Å². The smallest absolute Gasteiger partial charge is 0.415 e. The molecule has 1 amide bonds. The van der Waals surface area contributed by atoms with E-state index in [9.17, 15) is 14.7 Å². The summed E-state index contributed by atoms with van der Waals surface area (Å²) in [5.74, 6) is 0.0777. The summed E-state index contributed by atoms with van der Waals surface area (Å²) in [6.45, 7) is 5.71. The van der Waals surface area contributed by atoms with Crippen LogP contribution in [0.25, 0.3) is 0 Å². The van der Waals surface area contributed by atoms with Crippen molar-refractivity contribution in [2.45, 2.75) is 39.4 Å². The SMILES string of the molecule is CCOC(Cc1ccc(OCCN(CCCOCc2cc(Cl)cc(Cl)c2)C(=O)Oc2cccc(C)c2)cc1)C(=O)O. The molecule has 220 valence electrons. The molecule has 1 N–H and O–H groups in total. The molecule has 0 saturated carbocycles. The van der Waals surface area contributed by atoms with Gasteiger partial charge in [0, 0.05) is 36.2 Å². The van der Waals surface area contributed by atoms with E-state index in [1.54, 1.807) is 66.4 Å². The maximum absolute atomic E-state index is 13.0. The zero-order chi connectivity index (χ0) is 29.6. The second kappa shape index (κ2) is 16.8. The van der Waals surface area contributed by atoms with Crippen molar-refractivity contribution in [2.24, 2.45) is 0 Å². The van der Waals surface area contributed by atoms with E-state index in [0.717, 1.165) is 16.7 Å². The third kappa shape index (κ3) is 11.6. The summed E-state index contributed by atoms with van der Waals surface area (Å²) in [6.07, 6.45) is -0.538. The summed E-state index contributed by atoms with van der Waals surface area (Å²) in [6, 6.07) is 19.7. The van der Waals surface area contributed by atoms with Gasteiger partial charge in [0.05, 0.1) is 13.2 Å². The lowest BCUT2D eigenvalue weighted by molar-refractivity contribution is -0.149. The number of carboxylic acid groups (broad SMARTS) is 1. The van der Waals surface area contributed by atoms with Gasteiger partial charge in [-0.1, -0.05) is 47.5 Å². The number of carbonyl (C=O) groups excluding carboxylic acids is 1. The molecule has 3 rings (SSSR count). The average molecular weight is 605 g/mol. The van der Waals surface area contributed by atoms with Gasteiger partial charge in [0.1, 0.15) is 18.1 Å². The van der Waals surface area contributed by atoms with Crippen LogP contribution in [0, 0.1) is 6.92 Å². The Bertz CT molecular complexity index is 1250. The molecule has 0 aliphatic rings. The van der Waals surface area contributed by atoms with E-state index in [2.05, 4.69) is 0 Å². The summed E-state index contributed by atoms with van der Waals surface area (Å²) in [7, 11) is 0.